The molecule has 0 radical (unpaired) electrons. The Morgan fingerprint density at radius 1 is 1.00 bits per heavy atom. The van der Waals surface area contributed by atoms with Crippen LogP contribution in [-0.4, -0.2) is 100 Å². The summed E-state index contributed by atoms with van der Waals surface area (Å²) < 4.78 is 18.5. The van der Waals surface area contributed by atoms with Gasteiger partial charge in [-0.2, -0.15) is 0 Å². The van der Waals surface area contributed by atoms with E-state index in [2.05, 4.69) is 57.1 Å². The second-order valence-electron chi connectivity index (χ2n) is 12.2. The van der Waals surface area contributed by atoms with Gasteiger partial charge in [0.2, 0.25) is 0 Å². The quantitative estimate of drug-likeness (QED) is 0.247. The first-order valence-corrected chi connectivity index (χ1v) is 16.1. The minimum atomic E-state index is -0.462. The highest BCUT2D eigenvalue weighted by atomic mass is 32.2. The van der Waals surface area contributed by atoms with E-state index in [1.165, 1.54) is 23.5 Å². The van der Waals surface area contributed by atoms with Gasteiger partial charge in [0.25, 0.3) is 0 Å². The molecule has 1 unspecified atom stereocenters. The minimum absolute atomic E-state index is 0.0933. The van der Waals surface area contributed by atoms with Gasteiger partial charge in [-0.05, 0) is 48.2 Å². The van der Waals surface area contributed by atoms with Crippen LogP contribution in [0.2, 0.25) is 0 Å². The molecule has 2 aromatic carbocycles. The highest BCUT2D eigenvalue weighted by molar-refractivity contribution is 7.99. The van der Waals surface area contributed by atoms with Crippen LogP contribution >= 0.6 is 11.8 Å². The molecule has 6 nitrogen and oxygen atoms in total. The summed E-state index contributed by atoms with van der Waals surface area (Å²) in [4.78, 5) is 3.70. The molecule has 0 aromatic heterocycles. The van der Waals surface area contributed by atoms with Crippen LogP contribution in [-0.2, 0) is 4.74 Å². The fourth-order valence-corrected chi connectivity index (χ4v) is 7.53. The van der Waals surface area contributed by atoms with Gasteiger partial charge in [0.1, 0.15) is 18.1 Å². The Kier molecular flexibility index (Phi) is 11.2. The fourth-order valence-electron chi connectivity index (χ4n) is 6.01. The minimum Gasteiger partial charge on any atom is -0.497 e. The molecule has 1 fully saturated rings. The van der Waals surface area contributed by atoms with Crippen LogP contribution in [0, 0.1) is 5.41 Å². The Morgan fingerprint density at radius 2 is 1.73 bits per heavy atom. The summed E-state index contributed by atoms with van der Waals surface area (Å²) in [6, 6.07) is 14.6. The number of benzene rings is 2. The van der Waals surface area contributed by atoms with Crippen molar-refractivity contribution in [3.05, 3.63) is 53.6 Å². The topological polar surface area (TPSA) is 51.2 Å². The Bertz CT molecular complexity index is 1050. The van der Waals surface area contributed by atoms with Gasteiger partial charge >= 0.3 is 0 Å². The Morgan fingerprint density at radius 3 is 2.40 bits per heavy atom. The van der Waals surface area contributed by atoms with Crippen LogP contribution in [0.4, 0.5) is 0 Å². The molecule has 2 aliphatic rings. The monoisotopic (exact) mass is 571 g/mol. The number of ether oxygens (including phenoxy) is 3. The second-order valence-corrected chi connectivity index (χ2v) is 13.2. The second kappa shape index (κ2) is 14.4. The van der Waals surface area contributed by atoms with Gasteiger partial charge in [0.15, 0.2) is 0 Å². The first-order chi connectivity index (χ1) is 19.3. The number of quaternary nitrogens is 1. The van der Waals surface area contributed by atoms with E-state index in [0.29, 0.717) is 13.2 Å². The number of fused-ring (bicyclic) bond motifs is 1. The van der Waals surface area contributed by atoms with Gasteiger partial charge in [-0.3, -0.25) is 4.90 Å². The van der Waals surface area contributed by atoms with Gasteiger partial charge in [0, 0.05) is 41.6 Å². The Labute approximate surface area is 246 Å². The number of hydrogen-bond acceptors (Lipinski definition) is 6. The Balaban J connectivity index is 1.37. The van der Waals surface area contributed by atoms with Crippen molar-refractivity contribution in [3.8, 4) is 11.5 Å². The maximum absolute atomic E-state index is 12.0. The van der Waals surface area contributed by atoms with E-state index >= 15 is 0 Å². The van der Waals surface area contributed by atoms with E-state index in [-0.39, 0.29) is 11.3 Å². The zero-order chi connectivity index (χ0) is 28.6. The molecular weight excluding hydrogens is 520 g/mol. The van der Waals surface area contributed by atoms with Crippen molar-refractivity contribution in [1.29, 1.82) is 0 Å². The van der Waals surface area contributed by atoms with Gasteiger partial charge < -0.3 is 23.8 Å². The third-order valence-corrected chi connectivity index (χ3v) is 10.5. The summed E-state index contributed by atoms with van der Waals surface area (Å²) in [6.45, 7) is 12.0. The predicted octanol–water partition coefficient (Wildman–Crippen LogP) is 5.67. The molecule has 3 atom stereocenters. The number of rotatable bonds is 13. The lowest BCUT2D eigenvalue weighted by Gasteiger charge is -2.39. The maximum atomic E-state index is 12.0. The first-order valence-electron chi connectivity index (χ1n) is 15.1. The van der Waals surface area contributed by atoms with Crippen LogP contribution in [0.1, 0.15) is 56.6 Å². The van der Waals surface area contributed by atoms with Crippen molar-refractivity contribution in [2.75, 3.05) is 79.5 Å². The lowest BCUT2D eigenvalue weighted by Crippen LogP contribution is -2.55. The number of unbranched alkanes of at least 4 members (excludes halogenated alkanes) is 1. The number of hydrogen-bond donors (Lipinski definition) is 1. The summed E-state index contributed by atoms with van der Waals surface area (Å²) in [5.41, 5.74) is 2.18. The number of aliphatic hydroxyl groups excluding tert-OH is 1. The zero-order valence-electron chi connectivity index (χ0n) is 25.4. The lowest BCUT2D eigenvalue weighted by atomic mass is 9.69. The average Bonchev–Trinajstić information content (AvgIpc) is 3.08. The summed E-state index contributed by atoms with van der Waals surface area (Å²) in [6.07, 6.45) is 3.79. The molecule has 0 amide bonds. The van der Waals surface area contributed by atoms with Gasteiger partial charge in [-0.15, -0.1) is 11.8 Å². The predicted molar refractivity (Wildman–Crippen MR) is 165 cm³/mol. The summed E-state index contributed by atoms with van der Waals surface area (Å²) in [7, 11) is 6.32. The Hall–Kier alpha value is -1.77. The van der Waals surface area contributed by atoms with Crippen molar-refractivity contribution >= 4 is 11.8 Å². The van der Waals surface area contributed by atoms with E-state index in [9.17, 15) is 5.11 Å². The molecule has 40 heavy (non-hydrogen) atoms. The number of thioether (sulfide) groups is 1. The zero-order valence-corrected chi connectivity index (χ0v) is 26.2. The molecule has 2 aromatic rings. The van der Waals surface area contributed by atoms with Crippen LogP contribution in [0.5, 0.6) is 11.5 Å². The van der Waals surface area contributed by atoms with Crippen LogP contribution in [0.3, 0.4) is 0 Å². The van der Waals surface area contributed by atoms with Crippen LogP contribution in [0.15, 0.2) is 47.4 Å². The number of piperazine rings is 1. The molecule has 4 rings (SSSR count). The lowest BCUT2D eigenvalue weighted by molar-refractivity contribution is -0.894. The average molecular weight is 572 g/mol. The van der Waals surface area contributed by atoms with Gasteiger partial charge in [-0.25, -0.2) is 0 Å². The third-order valence-electron chi connectivity index (χ3n) is 9.08. The van der Waals surface area contributed by atoms with Crippen LogP contribution in [0.25, 0.3) is 0 Å². The molecule has 0 spiro atoms. The molecule has 222 valence electrons. The van der Waals surface area contributed by atoms with Crippen molar-refractivity contribution < 1.29 is 23.8 Å². The number of methoxy groups -OCH3 is 1. The molecule has 0 aliphatic carbocycles. The molecule has 2 heterocycles. The van der Waals surface area contributed by atoms with Crippen molar-refractivity contribution in [2.24, 2.45) is 5.41 Å². The van der Waals surface area contributed by atoms with E-state index in [0.717, 1.165) is 79.2 Å². The SMILES string of the molecule is CCCCC1(CC)CSc2cc(OC)ccc2[C@@H](c2ccc(OCCOCCN3CC[N+](C)(C)CC3)cc2)[C@H]1O. The number of aliphatic hydroxyl groups is 1. The fraction of sp³-hybridized carbons (Fsp3) is 0.636. The smallest absolute Gasteiger partial charge is 0.119 e. The maximum Gasteiger partial charge on any atom is 0.119 e. The van der Waals surface area contributed by atoms with E-state index in [1.807, 2.05) is 30.0 Å². The molecular formula is C33H51N2O4S+. The van der Waals surface area contributed by atoms with Crippen LogP contribution < -0.4 is 9.47 Å². The van der Waals surface area contributed by atoms with E-state index < -0.39 is 6.10 Å². The summed E-state index contributed by atoms with van der Waals surface area (Å²) in [5, 5.41) is 12.0. The number of likely N-dealkylation sites (N-methyl/N-ethyl adjacent to an activating group) is 1. The highest BCUT2D eigenvalue weighted by Crippen LogP contribution is 2.51. The normalized spacial score (nSPS) is 24.8. The first kappa shape index (κ1) is 31.2. The summed E-state index contributed by atoms with van der Waals surface area (Å²) >= 11 is 1.87. The molecule has 0 saturated carbocycles. The standard InChI is InChI=1S/C33H51N2O4S/c1-6-8-15-33(7-2)25-40-30-24-28(37-5)13-14-29(30)31(32(33)36)26-9-11-27(12-10-26)39-23-22-38-21-18-34-16-19-35(3,4)20-17-34/h9-14,24,31-32,36H,6-8,15-23,25H2,1-5H3/q+1/t31-,32-,33?/m1/s1. The highest BCUT2D eigenvalue weighted by Gasteiger charge is 2.44. The molecule has 1 N–H and O–H groups in total. The van der Waals surface area contributed by atoms with E-state index in [4.69, 9.17) is 14.2 Å². The van der Waals surface area contributed by atoms with E-state index in [1.54, 1.807) is 7.11 Å². The molecule has 2 aliphatic heterocycles. The molecule has 0 bridgehead atoms. The largest absolute Gasteiger partial charge is 0.497 e. The third kappa shape index (κ3) is 7.74. The van der Waals surface area contributed by atoms with Gasteiger partial charge in [-0.1, -0.05) is 44.9 Å². The molecule has 1 saturated heterocycles. The summed E-state index contributed by atoms with van der Waals surface area (Å²) in [5.74, 6) is 2.52. The number of nitrogens with zero attached hydrogens (tertiary/aromatic N) is 2. The van der Waals surface area contributed by atoms with Crippen molar-refractivity contribution in [2.45, 2.75) is 56.4 Å². The van der Waals surface area contributed by atoms with Gasteiger partial charge in [0.05, 0.1) is 53.6 Å². The van der Waals surface area contributed by atoms with Crippen molar-refractivity contribution in [1.82, 2.24) is 4.90 Å². The van der Waals surface area contributed by atoms with Crippen molar-refractivity contribution in [3.63, 3.8) is 0 Å². The molecule has 7 heteroatoms.